The molecule has 0 saturated carbocycles. The standard InChI is InChI=1S/C14H20N4O2/c1-18-10(5-7-17-18)4-6-16-12-9-14(20-3)13(19-2)8-11(12)15/h5,7-9,16H,4,6,15H2,1-3H3. The van der Waals surface area contributed by atoms with E-state index in [-0.39, 0.29) is 0 Å². The maximum Gasteiger partial charge on any atom is 0.162 e. The molecule has 2 rings (SSSR count). The summed E-state index contributed by atoms with van der Waals surface area (Å²) in [6.07, 6.45) is 2.66. The van der Waals surface area contributed by atoms with E-state index < -0.39 is 0 Å². The number of nitrogen functional groups attached to an aromatic ring is 1. The second kappa shape index (κ2) is 6.18. The quantitative estimate of drug-likeness (QED) is 0.785. The highest BCUT2D eigenvalue weighted by Gasteiger charge is 2.09. The number of ether oxygens (including phenoxy) is 2. The number of nitrogens with two attached hydrogens (primary N) is 1. The van der Waals surface area contributed by atoms with Crippen molar-refractivity contribution in [1.82, 2.24) is 9.78 Å². The van der Waals surface area contributed by atoms with Crippen molar-refractivity contribution in [3.63, 3.8) is 0 Å². The molecule has 0 spiro atoms. The fourth-order valence-corrected chi connectivity index (χ4v) is 2.02. The van der Waals surface area contributed by atoms with Crippen molar-refractivity contribution in [2.45, 2.75) is 6.42 Å². The molecule has 0 aliphatic carbocycles. The van der Waals surface area contributed by atoms with Gasteiger partial charge >= 0.3 is 0 Å². The number of hydrogen-bond donors (Lipinski definition) is 2. The predicted octanol–water partition coefficient (Wildman–Crippen LogP) is 1.67. The van der Waals surface area contributed by atoms with Crippen molar-refractivity contribution in [2.75, 3.05) is 31.8 Å². The summed E-state index contributed by atoms with van der Waals surface area (Å²) in [6.45, 7) is 0.763. The van der Waals surface area contributed by atoms with E-state index in [2.05, 4.69) is 10.4 Å². The minimum Gasteiger partial charge on any atom is -0.493 e. The number of benzene rings is 1. The van der Waals surface area contributed by atoms with E-state index in [4.69, 9.17) is 15.2 Å². The van der Waals surface area contributed by atoms with E-state index >= 15 is 0 Å². The third-order valence-corrected chi connectivity index (χ3v) is 3.17. The zero-order valence-corrected chi connectivity index (χ0v) is 12.0. The van der Waals surface area contributed by atoms with Gasteiger partial charge < -0.3 is 20.5 Å². The van der Waals surface area contributed by atoms with Gasteiger partial charge in [-0.3, -0.25) is 4.68 Å². The van der Waals surface area contributed by atoms with Gasteiger partial charge in [0.25, 0.3) is 0 Å². The molecule has 108 valence electrons. The number of nitrogens with one attached hydrogen (secondary N) is 1. The number of rotatable bonds is 6. The molecular formula is C14H20N4O2. The lowest BCUT2D eigenvalue weighted by Gasteiger charge is -2.14. The Morgan fingerprint density at radius 3 is 2.55 bits per heavy atom. The molecule has 0 bridgehead atoms. The van der Waals surface area contributed by atoms with Crippen LogP contribution >= 0.6 is 0 Å². The Hall–Kier alpha value is -2.37. The summed E-state index contributed by atoms with van der Waals surface area (Å²) >= 11 is 0. The molecule has 0 aliphatic heterocycles. The third kappa shape index (κ3) is 2.96. The molecule has 6 nitrogen and oxygen atoms in total. The lowest BCUT2D eigenvalue weighted by molar-refractivity contribution is 0.355. The first-order chi connectivity index (χ1) is 9.65. The van der Waals surface area contributed by atoms with Crippen LogP contribution in [-0.4, -0.2) is 30.5 Å². The Kier molecular flexibility index (Phi) is 4.34. The van der Waals surface area contributed by atoms with Crippen LogP contribution in [0.25, 0.3) is 0 Å². The van der Waals surface area contributed by atoms with E-state index in [1.807, 2.05) is 23.9 Å². The second-order valence-corrected chi connectivity index (χ2v) is 4.42. The summed E-state index contributed by atoms with van der Waals surface area (Å²) in [6, 6.07) is 5.60. The van der Waals surface area contributed by atoms with Crippen molar-refractivity contribution in [2.24, 2.45) is 7.05 Å². The van der Waals surface area contributed by atoms with Gasteiger partial charge in [-0.15, -0.1) is 0 Å². The van der Waals surface area contributed by atoms with E-state index in [0.717, 1.165) is 24.3 Å². The predicted molar refractivity (Wildman–Crippen MR) is 79.4 cm³/mol. The molecule has 0 unspecified atom stereocenters. The molecule has 1 aromatic heterocycles. The molecule has 20 heavy (non-hydrogen) atoms. The van der Waals surface area contributed by atoms with Gasteiger partial charge in [-0.05, 0) is 6.07 Å². The number of anilines is 2. The molecule has 3 N–H and O–H groups in total. The van der Waals surface area contributed by atoms with E-state index in [1.54, 1.807) is 26.5 Å². The molecule has 0 aliphatic rings. The molecule has 0 radical (unpaired) electrons. The molecule has 2 aromatic rings. The highest BCUT2D eigenvalue weighted by Crippen LogP contribution is 2.34. The maximum atomic E-state index is 5.99. The molecule has 0 fully saturated rings. The molecule has 1 aromatic carbocycles. The Labute approximate surface area is 118 Å². The van der Waals surface area contributed by atoms with E-state index in [0.29, 0.717) is 17.2 Å². The lowest BCUT2D eigenvalue weighted by Crippen LogP contribution is -2.10. The average molecular weight is 276 g/mol. The van der Waals surface area contributed by atoms with Crippen molar-refractivity contribution < 1.29 is 9.47 Å². The summed E-state index contributed by atoms with van der Waals surface area (Å²) in [5.41, 5.74) is 8.63. The van der Waals surface area contributed by atoms with Crippen LogP contribution in [0.2, 0.25) is 0 Å². The fourth-order valence-electron chi connectivity index (χ4n) is 2.02. The van der Waals surface area contributed by atoms with Gasteiger partial charge in [0.2, 0.25) is 0 Å². The van der Waals surface area contributed by atoms with Crippen LogP contribution in [0.3, 0.4) is 0 Å². The van der Waals surface area contributed by atoms with Gasteiger partial charge in [0, 0.05) is 44.0 Å². The van der Waals surface area contributed by atoms with Crippen LogP contribution in [0.4, 0.5) is 11.4 Å². The topological polar surface area (TPSA) is 74.3 Å². The smallest absolute Gasteiger partial charge is 0.162 e. The highest BCUT2D eigenvalue weighted by atomic mass is 16.5. The first-order valence-corrected chi connectivity index (χ1v) is 6.38. The Balaban J connectivity index is 2.04. The number of methoxy groups -OCH3 is 2. The normalized spacial score (nSPS) is 10.3. The van der Waals surface area contributed by atoms with Crippen molar-refractivity contribution >= 4 is 11.4 Å². The summed E-state index contributed by atoms with van der Waals surface area (Å²) in [5, 5.41) is 7.44. The zero-order valence-electron chi connectivity index (χ0n) is 12.0. The van der Waals surface area contributed by atoms with Crippen LogP contribution in [0.1, 0.15) is 5.69 Å². The highest BCUT2D eigenvalue weighted by molar-refractivity contribution is 5.72. The van der Waals surface area contributed by atoms with Crippen LogP contribution in [0.5, 0.6) is 11.5 Å². The van der Waals surface area contributed by atoms with Crippen molar-refractivity contribution in [3.05, 3.63) is 30.1 Å². The van der Waals surface area contributed by atoms with Gasteiger partial charge in [-0.25, -0.2) is 0 Å². The Bertz CT molecular complexity index is 581. The van der Waals surface area contributed by atoms with Gasteiger partial charge in [0.05, 0.1) is 25.6 Å². The summed E-state index contributed by atoms with van der Waals surface area (Å²) in [4.78, 5) is 0. The number of hydrogen-bond acceptors (Lipinski definition) is 5. The molecule has 0 saturated heterocycles. The van der Waals surface area contributed by atoms with Gasteiger partial charge in [0.1, 0.15) is 0 Å². The van der Waals surface area contributed by atoms with Crippen molar-refractivity contribution in [3.8, 4) is 11.5 Å². The molecule has 1 heterocycles. The lowest BCUT2D eigenvalue weighted by atomic mass is 10.2. The van der Waals surface area contributed by atoms with Crippen molar-refractivity contribution in [1.29, 1.82) is 0 Å². The number of aromatic nitrogens is 2. The zero-order chi connectivity index (χ0) is 14.5. The first kappa shape index (κ1) is 14.0. The third-order valence-electron chi connectivity index (χ3n) is 3.17. The van der Waals surface area contributed by atoms with Crippen LogP contribution in [0, 0.1) is 0 Å². The van der Waals surface area contributed by atoms with Gasteiger partial charge in [-0.2, -0.15) is 5.10 Å². The Morgan fingerprint density at radius 1 is 1.25 bits per heavy atom. The van der Waals surface area contributed by atoms with E-state index in [9.17, 15) is 0 Å². The minimum atomic E-state index is 0.627. The number of aryl methyl sites for hydroxylation is 1. The average Bonchev–Trinajstić information content (AvgIpc) is 2.85. The number of nitrogens with zero attached hydrogens (tertiary/aromatic N) is 2. The molecular weight excluding hydrogens is 256 g/mol. The van der Waals surface area contributed by atoms with E-state index in [1.165, 1.54) is 0 Å². The monoisotopic (exact) mass is 276 g/mol. The summed E-state index contributed by atoms with van der Waals surface area (Å²) < 4.78 is 12.3. The van der Waals surface area contributed by atoms with Crippen LogP contribution in [-0.2, 0) is 13.5 Å². The second-order valence-electron chi connectivity index (χ2n) is 4.42. The fraction of sp³-hybridized carbons (Fsp3) is 0.357. The maximum absolute atomic E-state index is 5.99. The first-order valence-electron chi connectivity index (χ1n) is 6.38. The van der Waals surface area contributed by atoms with Gasteiger partial charge in [-0.1, -0.05) is 0 Å². The summed E-state index contributed by atoms with van der Waals surface area (Å²) in [7, 11) is 5.13. The van der Waals surface area contributed by atoms with Crippen LogP contribution < -0.4 is 20.5 Å². The van der Waals surface area contributed by atoms with Gasteiger partial charge in [0.15, 0.2) is 11.5 Å². The molecule has 0 amide bonds. The minimum absolute atomic E-state index is 0.627. The molecule has 0 atom stereocenters. The molecule has 6 heteroatoms. The largest absolute Gasteiger partial charge is 0.493 e. The Morgan fingerprint density at radius 2 is 1.95 bits per heavy atom. The van der Waals surface area contributed by atoms with Crippen LogP contribution in [0.15, 0.2) is 24.4 Å². The summed E-state index contributed by atoms with van der Waals surface area (Å²) in [5.74, 6) is 1.28. The SMILES string of the molecule is COc1cc(N)c(NCCc2ccnn2C)cc1OC.